The van der Waals surface area contributed by atoms with Crippen LogP contribution in [0.4, 0.5) is 0 Å². The van der Waals surface area contributed by atoms with E-state index in [0.717, 1.165) is 12.2 Å². The van der Waals surface area contributed by atoms with E-state index in [4.69, 9.17) is 9.84 Å². The van der Waals surface area contributed by atoms with Crippen molar-refractivity contribution >= 4 is 0 Å². The fraction of sp³-hybridized carbons (Fsp3) is 0.333. The Morgan fingerprint density at radius 1 is 1.45 bits per heavy atom. The van der Waals surface area contributed by atoms with Gasteiger partial charge in [0.15, 0.2) is 0 Å². The summed E-state index contributed by atoms with van der Waals surface area (Å²) in [6.45, 7) is 0.106. The van der Waals surface area contributed by atoms with Crippen LogP contribution in [-0.4, -0.2) is 17.8 Å². The van der Waals surface area contributed by atoms with Crippen molar-refractivity contribution in [2.24, 2.45) is 0 Å². The standard InChI is InChI=1S/C9H10O2/c10-6-8-5-7-3-1-2-4-9(7)11-8/h1-4,8,10H,5-6H2/t8-/m1/s1. The van der Waals surface area contributed by atoms with Gasteiger partial charge in [0.05, 0.1) is 6.61 Å². The highest BCUT2D eigenvalue weighted by Gasteiger charge is 2.20. The lowest BCUT2D eigenvalue weighted by Crippen LogP contribution is -2.17. The van der Waals surface area contributed by atoms with Crippen molar-refractivity contribution in [3.05, 3.63) is 29.8 Å². The van der Waals surface area contributed by atoms with Gasteiger partial charge in [-0.05, 0) is 11.6 Å². The molecule has 1 aromatic carbocycles. The van der Waals surface area contributed by atoms with Crippen LogP contribution in [0.25, 0.3) is 0 Å². The van der Waals surface area contributed by atoms with Crippen molar-refractivity contribution < 1.29 is 9.84 Å². The topological polar surface area (TPSA) is 29.5 Å². The fourth-order valence-electron chi connectivity index (χ4n) is 1.36. The highest BCUT2D eigenvalue weighted by Crippen LogP contribution is 2.27. The van der Waals surface area contributed by atoms with Gasteiger partial charge < -0.3 is 9.84 Å². The summed E-state index contributed by atoms with van der Waals surface area (Å²) in [4.78, 5) is 0. The molecule has 0 saturated heterocycles. The van der Waals surface area contributed by atoms with Gasteiger partial charge in [-0.2, -0.15) is 0 Å². The largest absolute Gasteiger partial charge is 0.487 e. The highest BCUT2D eigenvalue weighted by atomic mass is 16.5. The lowest BCUT2D eigenvalue weighted by Gasteiger charge is -2.04. The van der Waals surface area contributed by atoms with Crippen LogP contribution >= 0.6 is 0 Å². The average molecular weight is 150 g/mol. The van der Waals surface area contributed by atoms with Crippen LogP contribution in [0.3, 0.4) is 0 Å². The number of aliphatic hydroxyl groups is 1. The summed E-state index contributed by atoms with van der Waals surface area (Å²) in [7, 11) is 0. The number of fused-ring (bicyclic) bond motifs is 1. The molecule has 0 saturated carbocycles. The van der Waals surface area contributed by atoms with Crippen molar-refractivity contribution in [3.63, 3.8) is 0 Å². The third kappa shape index (κ3) is 1.10. The summed E-state index contributed by atoms with van der Waals surface area (Å²) in [6.07, 6.45) is 0.819. The predicted octanol–water partition coefficient (Wildman–Crippen LogP) is 0.982. The molecule has 0 aliphatic carbocycles. The van der Waals surface area contributed by atoms with Crippen molar-refractivity contribution in [2.45, 2.75) is 12.5 Å². The number of aliphatic hydroxyl groups excluding tert-OH is 1. The maximum atomic E-state index is 8.81. The van der Waals surface area contributed by atoms with Gasteiger partial charge in [-0.3, -0.25) is 0 Å². The average Bonchev–Trinajstić information content (AvgIpc) is 2.46. The van der Waals surface area contributed by atoms with Crippen LogP contribution in [0.15, 0.2) is 24.3 Å². The van der Waals surface area contributed by atoms with Crippen molar-refractivity contribution in [3.8, 4) is 5.75 Å². The van der Waals surface area contributed by atoms with Crippen LogP contribution in [0, 0.1) is 0 Å². The normalized spacial score (nSPS) is 21.0. The van der Waals surface area contributed by atoms with Gasteiger partial charge in [-0.25, -0.2) is 0 Å². The third-order valence-electron chi connectivity index (χ3n) is 1.92. The first kappa shape index (κ1) is 6.68. The number of hydrogen-bond donors (Lipinski definition) is 1. The molecular formula is C9H10O2. The summed E-state index contributed by atoms with van der Waals surface area (Å²) >= 11 is 0. The Labute approximate surface area is 65.4 Å². The van der Waals surface area contributed by atoms with Crippen LogP contribution in [0.5, 0.6) is 5.75 Å². The van der Waals surface area contributed by atoms with Crippen LogP contribution < -0.4 is 4.74 Å². The molecular weight excluding hydrogens is 140 g/mol. The fourth-order valence-corrected chi connectivity index (χ4v) is 1.36. The van der Waals surface area contributed by atoms with Gasteiger partial charge in [-0.1, -0.05) is 18.2 Å². The maximum absolute atomic E-state index is 8.81. The first-order valence-electron chi connectivity index (χ1n) is 3.75. The Bertz CT molecular complexity index is 232. The van der Waals surface area contributed by atoms with E-state index >= 15 is 0 Å². The Balaban J connectivity index is 2.27. The maximum Gasteiger partial charge on any atom is 0.126 e. The summed E-state index contributed by atoms with van der Waals surface area (Å²) in [5, 5.41) is 8.81. The molecule has 1 aromatic rings. The molecule has 1 atom stereocenters. The Morgan fingerprint density at radius 3 is 3.00 bits per heavy atom. The van der Waals surface area contributed by atoms with Gasteiger partial charge in [0.2, 0.25) is 0 Å². The quantitative estimate of drug-likeness (QED) is 0.646. The van der Waals surface area contributed by atoms with Crippen molar-refractivity contribution in [1.29, 1.82) is 0 Å². The summed E-state index contributed by atoms with van der Waals surface area (Å²) < 4.78 is 5.41. The number of rotatable bonds is 1. The van der Waals surface area contributed by atoms with E-state index in [1.807, 2.05) is 24.3 Å². The van der Waals surface area contributed by atoms with Crippen LogP contribution in [0.1, 0.15) is 5.56 Å². The molecule has 0 amide bonds. The third-order valence-corrected chi connectivity index (χ3v) is 1.92. The molecule has 2 rings (SSSR count). The van der Waals surface area contributed by atoms with Crippen LogP contribution in [-0.2, 0) is 6.42 Å². The second-order valence-corrected chi connectivity index (χ2v) is 2.73. The SMILES string of the molecule is OC[C@H]1Cc2ccccc2O1. The van der Waals surface area contributed by atoms with Gasteiger partial charge in [0.25, 0.3) is 0 Å². The van der Waals surface area contributed by atoms with E-state index in [1.54, 1.807) is 0 Å². The monoisotopic (exact) mass is 150 g/mol. The Kier molecular flexibility index (Phi) is 1.55. The molecule has 0 fully saturated rings. The number of ether oxygens (including phenoxy) is 1. The van der Waals surface area contributed by atoms with Gasteiger partial charge >= 0.3 is 0 Å². The molecule has 2 heteroatoms. The van der Waals surface area contributed by atoms with E-state index in [0.29, 0.717) is 0 Å². The number of benzene rings is 1. The second kappa shape index (κ2) is 2.55. The minimum absolute atomic E-state index is 0.0209. The zero-order valence-corrected chi connectivity index (χ0v) is 6.16. The molecule has 58 valence electrons. The van der Waals surface area contributed by atoms with E-state index in [1.165, 1.54) is 5.56 Å². The number of hydrogen-bond acceptors (Lipinski definition) is 2. The molecule has 1 aliphatic heterocycles. The van der Waals surface area contributed by atoms with Gasteiger partial charge in [-0.15, -0.1) is 0 Å². The molecule has 1 heterocycles. The zero-order valence-electron chi connectivity index (χ0n) is 6.16. The molecule has 0 spiro atoms. The molecule has 1 N–H and O–H groups in total. The summed E-state index contributed by atoms with van der Waals surface area (Å²) in [5.74, 6) is 0.923. The Hall–Kier alpha value is -1.02. The van der Waals surface area contributed by atoms with Crippen LogP contribution in [0.2, 0.25) is 0 Å². The zero-order chi connectivity index (χ0) is 7.68. The van der Waals surface area contributed by atoms with E-state index in [2.05, 4.69) is 0 Å². The summed E-state index contributed by atoms with van der Waals surface area (Å²) in [6, 6.07) is 7.90. The van der Waals surface area contributed by atoms with Crippen molar-refractivity contribution in [2.75, 3.05) is 6.61 Å². The minimum atomic E-state index is -0.0209. The summed E-state index contributed by atoms with van der Waals surface area (Å²) in [5.41, 5.74) is 1.20. The Morgan fingerprint density at radius 2 is 2.27 bits per heavy atom. The number of para-hydroxylation sites is 1. The van der Waals surface area contributed by atoms with E-state index in [9.17, 15) is 0 Å². The van der Waals surface area contributed by atoms with Gasteiger partial charge in [0.1, 0.15) is 11.9 Å². The van der Waals surface area contributed by atoms with Crippen molar-refractivity contribution in [1.82, 2.24) is 0 Å². The first-order valence-corrected chi connectivity index (χ1v) is 3.75. The molecule has 2 nitrogen and oxygen atoms in total. The van der Waals surface area contributed by atoms with E-state index < -0.39 is 0 Å². The van der Waals surface area contributed by atoms with E-state index in [-0.39, 0.29) is 12.7 Å². The molecule has 0 aromatic heterocycles. The highest BCUT2D eigenvalue weighted by molar-refractivity contribution is 5.37. The predicted molar refractivity (Wildman–Crippen MR) is 41.6 cm³/mol. The molecule has 11 heavy (non-hydrogen) atoms. The lowest BCUT2D eigenvalue weighted by molar-refractivity contribution is 0.134. The molecule has 0 bridgehead atoms. The smallest absolute Gasteiger partial charge is 0.126 e. The first-order chi connectivity index (χ1) is 5.40. The lowest BCUT2D eigenvalue weighted by atomic mass is 10.1. The van der Waals surface area contributed by atoms with Gasteiger partial charge in [0, 0.05) is 6.42 Å². The molecule has 0 radical (unpaired) electrons. The second-order valence-electron chi connectivity index (χ2n) is 2.73. The minimum Gasteiger partial charge on any atom is -0.487 e. The molecule has 1 aliphatic rings. The molecule has 0 unspecified atom stereocenters.